The Balaban J connectivity index is 1.53. The number of nitrogens with zero attached hydrogens (tertiary/aromatic N) is 1. The van der Waals surface area contributed by atoms with Gasteiger partial charge in [-0.3, -0.25) is 4.79 Å². The molecule has 2 aliphatic carbocycles. The number of carbonyl (C=O) groups is 1. The number of rotatable bonds is 4. The molecule has 4 fully saturated rings. The second-order valence-corrected chi connectivity index (χ2v) is 10.4. The van der Waals surface area contributed by atoms with E-state index in [2.05, 4.69) is 9.62 Å². The first-order chi connectivity index (χ1) is 12.3. The number of nitrogens with one attached hydrogen (secondary N) is 1. The molecule has 2 saturated carbocycles. The lowest BCUT2D eigenvalue weighted by Crippen LogP contribution is -2.42. The largest absolute Gasteiger partial charge is 0.335 e. The first-order valence-corrected chi connectivity index (χ1v) is 11.2. The minimum absolute atomic E-state index is 0.0592. The number of sulfonamides is 1. The number of hydrogen-bond donors (Lipinski definition) is 1. The Bertz CT molecular complexity index is 774. The van der Waals surface area contributed by atoms with Gasteiger partial charge in [0, 0.05) is 24.2 Å². The lowest BCUT2D eigenvalue weighted by Gasteiger charge is -2.39. The van der Waals surface area contributed by atoms with Gasteiger partial charge in [0.25, 0.3) is 5.91 Å². The van der Waals surface area contributed by atoms with Crippen molar-refractivity contribution in [3.63, 3.8) is 0 Å². The maximum absolute atomic E-state index is 13.1. The van der Waals surface area contributed by atoms with Crippen LogP contribution in [0.3, 0.4) is 0 Å². The van der Waals surface area contributed by atoms with Crippen molar-refractivity contribution >= 4 is 15.9 Å². The molecule has 4 bridgehead atoms. The highest BCUT2D eigenvalue weighted by Crippen LogP contribution is 2.47. The Morgan fingerprint density at radius 1 is 1.00 bits per heavy atom. The number of carbonyl (C=O) groups excluding carboxylic acids is 1. The zero-order chi connectivity index (χ0) is 18.5. The fourth-order valence-electron chi connectivity index (χ4n) is 5.35. The monoisotopic (exact) mass is 376 g/mol. The molecular formula is C20H28N2O3S. The number of benzene rings is 1. The highest BCUT2D eigenvalue weighted by Gasteiger charge is 2.44. The molecule has 0 radical (unpaired) electrons. The van der Waals surface area contributed by atoms with Crippen LogP contribution in [0.2, 0.25) is 0 Å². The van der Waals surface area contributed by atoms with E-state index in [0.717, 1.165) is 31.2 Å². The van der Waals surface area contributed by atoms with Crippen molar-refractivity contribution in [2.45, 2.75) is 62.9 Å². The van der Waals surface area contributed by atoms with E-state index in [1.807, 2.05) is 0 Å². The smallest absolute Gasteiger partial charge is 0.254 e. The third kappa shape index (κ3) is 3.41. The van der Waals surface area contributed by atoms with Crippen molar-refractivity contribution in [2.24, 2.45) is 17.8 Å². The van der Waals surface area contributed by atoms with Gasteiger partial charge in [-0.2, -0.15) is 0 Å². The van der Waals surface area contributed by atoms with Gasteiger partial charge in [-0.15, -0.1) is 0 Å². The van der Waals surface area contributed by atoms with E-state index in [-0.39, 0.29) is 16.8 Å². The molecule has 0 spiro atoms. The van der Waals surface area contributed by atoms with Crippen LogP contribution in [-0.2, 0) is 10.0 Å². The average molecular weight is 377 g/mol. The lowest BCUT2D eigenvalue weighted by molar-refractivity contribution is 0.0632. The molecule has 1 amide bonds. The van der Waals surface area contributed by atoms with Gasteiger partial charge >= 0.3 is 0 Å². The summed E-state index contributed by atoms with van der Waals surface area (Å²) in [5, 5.41) is 0. The molecule has 0 aromatic heterocycles. The molecule has 2 heterocycles. The maximum atomic E-state index is 13.1. The minimum Gasteiger partial charge on any atom is -0.335 e. The molecule has 1 aromatic carbocycles. The summed E-state index contributed by atoms with van der Waals surface area (Å²) in [6, 6.07) is 6.60. The van der Waals surface area contributed by atoms with E-state index in [9.17, 15) is 13.2 Å². The Kier molecular flexibility index (Phi) is 4.59. The highest BCUT2D eigenvalue weighted by atomic mass is 32.2. The molecule has 2 aliphatic heterocycles. The Labute approximate surface area is 156 Å². The van der Waals surface area contributed by atoms with Gasteiger partial charge in [0.15, 0.2) is 0 Å². The third-order valence-corrected chi connectivity index (χ3v) is 7.84. The molecule has 2 saturated heterocycles. The van der Waals surface area contributed by atoms with E-state index in [1.54, 1.807) is 38.1 Å². The van der Waals surface area contributed by atoms with E-state index >= 15 is 0 Å². The number of amides is 1. The summed E-state index contributed by atoms with van der Waals surface area (Å²) in [4.78, 5) is 15.4. The molecule has 2 unspecified atom stereocenters. The van der Waals surface area contributed by atoms with Crippen LogP contribution >= 0.6 is 0 Å². The topological polar surface area (TPSA) is 66.5 Å². The fraction of sp³-hybridized carbons (Fsp3) is 0.650. The van der Waals surface area contributed by atoms with Crippen LogP contribution in [0.25, 0.3) is 0 Å². The van der Waals surface area contributed by atoms with E-state index in [4.69, 9.17) is 0 Å². The van der Waals surface area contributed by atoms with Gasteiger partial charge in [-0.25, -0.2) is 13.1 Å². The second kappa shape index (κ2) is 6.64. The van der Waals surface area contributed by atoms with Gasteiger partial charge in [-0.05, 0) is 88.0 Å². The summed E-state index contributed by atoms with van der Waals surface area (Å²) in [5.41, 5.74) is 0.592. The van der Waals surface area contributed by atoms with Gasteiger partial charge in [0.2, 0.25) is 10.0 Å². The van der Waals surface area contributed by atoms with E-state index < -0.39 is 10.0 Å². The number of hydrogen-bond acceptors (Lipinski definition) is 3. The van der Waals surface area contributed by atoms with Crippen molar-refractivity contribution in [3.8, 4) is 0 Å². The van der Waals surface area contributed by atoms with Crippen molar-refractivity contribution < 1.29 is 13.2 Å². The van der Waals surface area contributed by atoms with Crippen LogP contribution in [0, 0.1) is 17.8 Å². The molecule has 5 rings (SSSR count). The number of fused-ring (bicyclic) bond motifs is 1. The first-order valence-electron chi connectivity index (χ1n) is 9.75. The molecule has 142 valence electrons. The molecular weight excluding hydrogens is 348 g/mol. The van der Waals surface area contributed by atoms with E-state index in [0.29, 0.717) is 17.5 Å². The maximum Gasteiger partial charge on any atom is 0.254 e. The molecule has 6 heteroatoms. The summed E-state index contributed by atoms with van der Waals surface area (Å²) in [6.07, 6.45) is 6.18. The minimum atomic E-state index is -3.52. The summed E-state index contributed by atoms with van der Waals surface area (Å²) >= 11 is 0. The standard InChI is InChI=1S/C20H28N2O3S/c1-13(2)21-26(24,25)19-5-3-17(4-6-19)20(23)22-12-16-8-14-7-15(9-16)11-18(22)10-14/h3-6,13-16,18,21H,7-12H2,1-2H3. The van der Waals surface area contributed by atoms with Crippen molar-refractivity contribution in [1.29, 1.82) is 0 Å². The lowest BCUT2D eigenvalue weighted by atomic mass is 9.68. The molecule has 2 atom stereocenters. The summed E-state index contributed by atoms with van der Waals surface area (Å²) in [6.45, 7) is 4.44. The van der Waals surface area contributed by atoms with Gasteiger partial charge in [-0.1, -0.05) is 0 Å². The van der Waals surface area contributed by atoms with E-state index in [1.165, 1.54) is 19.3 Å². The quantitative estimate of drug-likeness (QED) is 0.878. The third-order valence-electron chi connectivity index (χ3n) is 6.17. The Morgan fingerprint density at radius 2 is 1.58 bits per heavy atom. The molecule has 1 N–H and O–H groups in total. The van der Waals surface area contributed by atoms with Crippen LogP contribution in [0.1, 0.15) is 56.3 Å². The van der Waals surface area contributed by atoms with Crippen molar-refractivity contribution in [2.75, 3.05) is 6.54 Å². The van der Waals surface area contributed by atoms with Gasteiger partial charge in [0.1, 0.15) is 0 Å². The molecule has 4 aliphatic rings. The predicted molar refractivity (Wildman–Crippen MR) is 100 cm³/mol. The summed E-state index contributed by atoms with van der Waals surface area (Å²) < 4.78 is 27.1. The van der Waals surface area contributed by atoms with Gasteiger partial charge in [0.05, 0.1) is 4.90 Å². The summed E-state index contributed by atoms with van der Waals surface area (Å²) in [5.74, 6) is 2.30. The fourth-order valence-corrected chi connectivity index (χ4v) is 6.60. The van der Waals surface area contributed by atoms with Crippen molar-refractivity contribution in [3.05, 3.63) is 29.8 Å². The highest BCUT2D eigenvalue weighted by molar-refractivity contribution is 7.89. The normalized spacial score (nSPS) is 30.7. The van der Waals surface area contributed by atoms with Crippen LogP contribution in [-0.4, -0.2) is 37.9 Å². The van der Waals surface area contributed by atoms with Gasteiger partial charge < -0.3 is 4.90 Å². The van der Waals surface area contributed by atoms with Crippen LogP contribution in [0.4, 0.5) is 0 Å². The Morgan fingerprint density at radius 3 is 2.15 bits per heavy atom. The zero-order valence-corrected chi connectivity index (χ0v) is 16.3. The Hall–Kier alpha value is -1.40. The SMILES string of the molecule is CC(C)NS(=O)(=O)c1ccc(C(=O)N2CC3CC4CC(C3)CC2C4)cc1. The summed E-state index contributed by atoms with van der Waals surface area (Å²) in [7, 11) is -3.52. The van der Waals surface area contributed by atoms with Crippen LogP contribution < -0.4 is 4.72 Å². The predicted octanol–water partition coefficient (Wildman–Crippen LogP) is 3.02. The molecule has 1 aromatic rings. The van der Waals surface area contributed by atoms with Crippen LogP contribution in [0.5, 0.6) is 0 Å². The average Bonchev–Trinajstić information content (AvgIpc) is 2.77. The zero-order valence-electron chi connectivity index (χ0n) is 15.5. The second-order valence-electron chi connectivity index (χ2n) is 8.69. The first kappa shape index (κ1) is 18.0. The van der Waals surface area contributed by atoms with Crippen molar-refractivity contribution in [1.82, 2.24) is 9.62 Å². The van der Waals surface area contributed by atoms with Crippen LogP contribution in [0.15, 0.2) is 29.2 Å². The molecule has 26 heavy (non-hydrogen) atoms. The molecule has 5 nitrogen and oxygen atoms in total.